The van der Waals surface area contributed by atoms with Gasteiger partial charge in [0.2, 0.25) is 5.91 Å². The highest BCUT2D eigenvalue weighted by atomic mass is 16.6. The van der Waals surface area contributed by atoms with Crippen LogP contribution < -0.4 is 16.0 Å². The third-order valence-electron chi connectivity index (χ3n) is 5.68. The monoisotopic (exact) mass is 538 g/mol. The number of hydrogen-bond acceptors (Lipinski definition) is 7. The minimum absolute atomic E-state index is 0.104. The van der Waals surface area contributed by atoms with Crippen LogP contribution in [-0.4, -0.2) is 67.0 Å². The minimum atomic E-state index is -0.607. The number of hydrogen-bond donors (Lipinski definition) is 3. The Kier molecular flexibility index (Phi) is 9.78. The smallest absolute Gasteiger partial charge is 0.407 e. The SMILES string of the molecule is COCCCN1C(=O)c2ccc(C(=O)Nc3ccc(CNC(=O)CCNC(=O)OC(C)(C)C)cc3)cc2C1=O. The van der Waals surface area contributed by atoms with Crippen molar-refractivity contribution in [3.8, 4) is 0 Å². The molecule has 0 unspecified atom stereocenters. The van der Waals surface area contributed by atoms with Gasteiger partial charge in [-0.25, -0.2) is 4.79 Å². The average Bonchev–Trinajstić information content (AvgIpc) is 3.11. The standard InChI is InChI=1S/C28H34N4O7/c1-28(2,3)39-27(37)29-13-12-23(33)30-17-18-6-9-20(10-7-18)31-24(34)19-8-11-21-22(16-19)26(36)32(25(21)35)14-5-15-38-4/h6-11,16H,5,12-15,17H2,1-4H3,(H,29,37)(H,30,33)(H,31,34). The van der Waals surface area contributed by atoms with Crippen LogP contribution in [0.1, 0.15) is 70.3 Å². The number of imide groups is 1. The number of nitrogens with zero attached hydrogens (tertiary/aromatic N) is 1. The summed E-state index contributed by atoms with van der Waals surface area (Å²) in [4.78, 5) is 62.9. The first-order valence-electron chi connectivity index (χ1n) is 12.6. The highest BCUT2D eigenvalue weighted by Crippen LogP contribution is 2.25. The van der Waals surface area contributed by atoms with E-state index in [2.05, 4.69) is 16.0 Å². The Morgan fingerprint density at radius 3 is 2.28 bits per heavy atom. The predicted molar refractivity (Wildman–Crippen MR) is 143 cm³/mol. The summed E-state index contributed by atoms with van der Waals surface area (Å²) in [6, 6.07) is 11.4. The lowest BCUT2D eigenvalue weighted by Crippen LogP contribution is -2.35. The van der Waals surface area contributed by atoms with Crippen molar-refractivity contribution in [2.45, 2.75) is 45.8 Å². The van der Waals surface area contributed by atoms with Gasteiger partial charge in [-0.05, 0) is 63.1 Å². The Hall–Kier alpha value is -4.25. The molecule has 2 aromatic carbocycles. The quantitative estimate of drug-likeness (QED) is 0.295. The van der Waals surface area contributed by atoms with Crippen LogP contribution in [0.25, 0.3) is 0 Å². The number of methoxy groups -OCH3 is 1. The molecule has 1 aliphatic rings. The zero-order chi connectivity index (χ0) is 28.6. The summed E-state index contributed by atoms with van der Waals surface area (Å²) in [6.07, 6.45) is 0.0563. The molecule has 2 aromatic rings. The molecule has 11 nitrogen and oxygen atoms in total. The summed E-state index contributed by atoms with van der Waals surface area (Å²) in [5.74, 6) is -1.45. The number of nitrogens with one attached hydrogen (secondary N) is 3. The molecule has 1 aliphatic heterocycles. The van der Waals surface area contributed by atoms with Crippen LogP contribution in [0.4, 0.5) is 10.5 Å². The first kappa shape index (κ1) is 29.3. The molecule has 5 amide bonds. The van der Waals surface area contributed by atoms with Crippen LogP contribution in [0, 0.1) is 0 Å². The van der Waals surface area contributed by atoms with Crippen LogP contribution in [0.3, 0.4) is 0 Å². The molecule has 3 rings (SSSR count). The van der Waals surface area contributed by atoms with E-state index in [0.717, 1.165) is 5.56 Å². The van der Waals surface area contributed by atoms with Gasteiger partial charge in [-0.1, -0.05) is 12.1 Å². The molecule has 0 saturated heterocycles. The first-order valence-corrected chi connectivity index (χ1v) is 12.6. The van der Waals surface area contributed by atoms with Gasteiger partial charge >= 0.3 is 6.09 Å². The highest BCUT2D eigenvalue weighted by molar-refractivity contribution is 6.22. The van der Waals surface area contributed by atoms with E-state index in [1.54, 1.807) is 52.1 Å². The summed E-state index contributed by atoms with van der Waals surface area (Å²) in [6.45, 7) is 6.38. The molecule has 0 fully saturated rings. The zero-order valence-corrected chi connectivity index (χ0v) is 22.6. The van der Waals surface area contributed by atoms with Crippen LogP contribution in [0.5, 0.6) is 0 Å². The molecule has 0 bridgehead atoms. The molecule has 208 valence electrons. The lowest BCUT2D eigenvalue weighted by atomic mass is 10.1. The van der Waals surface area contributed by atoms with Crippen molar-refractivity contribution in [1.29, 1.82) is 0 Å². The average molecular weight is 539 g/mol. The Labute approximate surface area is 227 Å². The fraction of sp³-hybridized carbons (Fsp3) is 0.393. The fourth-order valence-electron chi connectivity index (χ4n) is 3.79. The van der Waals surface area contributed by atoms with Crippen LogP contribution in [0.15, 0.2) is 42.5 Å². The number of carbonyl (C=O) groups excluding carboxylic acids is 5. The molecule has 0 radical (unpaired) electrons. The number of fused-ring (bicyclic) bond motifs is 1. The van der Waals surface area contributed by atoms with Crippen LogP contribution in [0.2, 0.25) is 0 Å². The summed E-state index contributed by atoms with van der Waals surface area (Å²) >= 11 is 0. The van der Waals surface area contributed by atoms with E-state index in [9.17, 15) is 24.0 Å². The van der Waals surface area contributed by atoms with Gasteiger partial charge in [0, 0.05) is 51.0 Å². The first-order chi connectivity index (χ1) is 18.5. The van der Waals surface area contributed by atoms with Gasteiger partial charge in [0.25, 0.3) is 17.7 Å². The van der Waals surface area contributed by atoms with E-state index in [0.29, 0.717) is 18.7 Å². The van der Waals surface area contributed by atoms with Crippen molar-refractivity contribution in [3.05, 3.63) is 64.7 Å². The molecule has 1 heterocycles. The van der Waals surface area contributed by atoms with Gasteiger partial charge in [0.05, 0.1) is 11.1 Å². The van der Waals surface area contributed by atoms with Crippen molar-refractivity contribution in [2.24, 2.45) is 0 Å². The third-order valence-corrected chi connectivity index (χ3v) is 5.68. The summed E-state index contributed by atoms with van der Waals surface area (Å²) in [5, 5.41) is 8.07. The molecule has 0 aliphatic carbocycles. The second-order valence-electron chi connectivity index (χ2n) is 9.98. The fourth-order valence-corrected chi connectivity index (χ4v) is 3.79. The van der Waals surface area contributed by atoms with Crippen molar-refractivity contribution in [2.75, 3.05) is 32.1 Å². The molecule has 3 N–H and O–H groups in total. The van der Waals surface area contributed by atoms with E-state index in [-0.39, 0.29) is 54.6 Å². The Morgan fingerprint density at radius 1 is 0.923 bits per heavy atom. The Bertz CT molecular complexity index is 1240. The molecule has 39 heavy (non-hydrogen) atoms. The largest absolute Gasteiger partial charge is 0.444 e. The van der Waals surface area contributed by atoms with Gasteiger partial charge < -0.3 is 25.4 Å². The summed E-state index contributed by atoms with van der Waals surface area (Å²) < 4.78 is 10.1. The number of ether oxygens (including phenoxy) is 2. The summed E-state index contributed by atoms with van der Waals surface area (Å²) in [7, 11) is 1.55. The van der Waals surface area contributed by atoms with Gasteiger partial charge in [-0.15, -0.1) is 0 Å². The van der Waals surface area contributed by atoms with E-state index >= 15 is 0 Å². The molecule has 0 saturated carbocycles. The van der Waals surface area contributed by atoms with Crippen LogP contribution >= 0.6 is 0 Å². The number of amides is 5. The molecular weight excluding hydrogens is 504 g/mol. The molecule has 0 atom stereocenters. The van der Waals surface area contributed by atoms with Crippen LogP contribution in [-0.2, 0) is 20.8 Å². The number of anilines is 1. The van der Waals surface area contributed by atoms with E-state index in [1.807, 2.05) is 0 Å². The van der Waals surface area contributed by atoms with E-state index < -0.39 is 23.5 Å². The normalized spacial score (nSPS) is 12.7. The second-order valence-corrected chi connectivity index (χ2v) is 9.98. The number of benzene rings is 2. The lowest BCUT2D eigenvalue weighted by Gasteiger charge is -2.19. The Morgan fingerprint density at radius 2 is 1.62 bits per heavy atom. The highest BCUT2D eigenvalue weighted by Gasteiger charge is 2.35. The topological polar surface area (TPSA) is 143 Å². The van der Waals surface area contributed by atoms with Crippen molar-refractivity contribution >= 4 is 35.4 Å². The van der Waals surface area contributed by atoms with Gasteiger partial charge in [-0.3, -0.25) is 24.1 Å². The van der Waals surface area contributed by atoms with Crippen molar-refractivity contribution in [3.63, 3.8) is 0 Å². The molecule has 11 heteroatoms. The molecule has 0 aromatic heterocycles. The number of carbonyl (C=O) groups is 5. The zero-order valence-electron chi connectivity index (χ0n) is 22.6. The van der Waals surface area contributed by atoms with Crippen molar-refractivity contribution < 1.29 is 33.4 Å². The molecular formula is C28H34N4O7. The van der Waals surface area contributed by atoms with Gasteiger partial charge in [-0.2, -0.15) is 0 Å². The van der Waals surface area contributed by atoms with Gasteiger partial charge in [0.1, 0.15) is 5.60 Å². The third kappa shape index (κ3) is 8.37. The van der Waals surface area contributed by atoms with E-state index in [4.69, 9.17) is 9.47 Å². The maximum atomic E-state index is 12.8. The maximum absolute atomic E-state index is 12.8. The predicted octanol–water partition coefficient (Wildman–Crippen LogP) is 3.10. The van der Waals surface area contributed by atoms with Crippen molar-refractivity contribution in [1.82, 2.24) is 15.5 Å². The number of alkyl carbamates (subject to hydrolysis) is 1. The summed E-state index contributed by atoms with van der Waals surface area (Å²) in [5.41, 5.74) is 1.48. The molecule has 0 spiro atoms. The van der Waals surface area contributed by atoms with E-state index in [1.165, 1.54) is 23.1 Å². The minimum Gasteiger partial charge on any atom is -0.444 e. The number of rotatable bonds is 11. The Balaban J connectivity index is 1.48. The maximum Gasteiger partial charge on any atom is 0.407 e. The van der Waals surface area contributed by atoms with Gasteiger partial charge in [0.15, 0.2) is 0 Å². The second kappa shape index (κ2) is 13.0. The lowest BCUT2D eigenvalue weighted by molar-refractivity contribution is -0.121.